The van der Waals surface area contributed by atoms with E-state index in [4.69, 9.17) is 9.47 Å². The highest BCUT2D eigenvalue weighted by Crippen LogP contribution is 2.39. The molecule has 0 aliphatic carbocycles. The summed E-state index contributed by atoms with van der Waals surface area (Å²) in [6, 6.07) is 32.0. The molecule has 0 saturated heterocycles. The lowest BCUT2D eigenvalue weighted by atomic mass is 9.98. The minimum Gasteiger partial charge on any atom is -0.488 e. The smallest absolute Gasteiger partial charge is 0.348 e. The van der Waals surface area contributed by atoms with E-state index in [2.05, 4.69) is 28.6 Å². The minimum absolute atomic E-state index is 0.155. The van der Waals surface area contributed by atoms with Crippen LogP contribution < -0.4 is 15.2 Å². The molecule has 0 atom stereocenters. The van der Waals surface area contributed by atoms with E-state index < -0.39 is 0 Å². The number of fused-ring (bicyclic) bond motifs is 1. The second-order valence-electron chi connectivity index (χ2n) is 10.4. The Morgan fingerprint density at radius 3 is 2.12 bits per heavy atom. The van der Waals surface area contributed by atoms with E-state index in [0.29, 0.717) is 30.4 Å². The molecule has 41 heavy (non-hydrogen) atoms. The van der Waals surface area contributed by atoms with Gasteiger partial charge < -0.3 is 14.0 Å². The van der Waals surface area contributed by atoms with Crippen molar-refractivity contribution in [2.75, 3.05) is 0 Å². The van der Waals surface area contributed by atoms with E-state index in [1.807, 2.05) is 110 Å². The van der Waals surface area contributed by atoms with Crippen molar-refractivity contribution in [1.82, 2.24) is 19.3 Å². The average molecular weight is 545 g/mol. The van der Waals surface area contributed by atoms with Gasteiger partial charge in [0.25, 0.3) is 0 Å². The van der Waals surface area contributed by atoms with Gasteiger partial charge in [0, 0.05) is 30.2 Å². The summed E-state index contributed by atoms with van der Waals surface area (Å²) in [7, 11) is 2.00. The predicted octanol–water partition coefficient (Wildman–Crippen LogP) is 7.00. The Morgan fingerprint density at radius 1 is 0.805 bits per heavy atom. The van der Waals surface area contributed by atoms with Gasteiger partial charge in [-0.2, -0.15) is 5.10 Å². The van der Waals surface area contributed by atoms with Crippen LogP contribution in [0.1, 0.15) is 36.5 Å². The lowest BCUT2D eigenvalue weighted by molar-refractivity contribution is 0.288. The first-order valence-electron chi connectivity index (χ1n) is 13.7. The van der Waals surface area contributed by atoms with E-state index in [-0.39, 0.29) is 11.6 Å². The molecule has 6 rings (SSSR count). The molecule has 0 bridgehead atoms. The third kappa shape index (κ3) is 5.39. The number of nitrogens with one attached hydrogen (secondary N) is 1. The number of rotatable bonds is 9. The van der Waals surface area contributed by atoms with Crippen LogP contribution in [-0.4, -0.2) is 19.3 Å². The second kappa shape index (κ2) is 11.2. The molecule has 0 spiro atoms. The molecular formula is C34H32N4O3. The van der Waals surface area contributed by atoms with Gasteiger partial charge in [0.05, 0.1) is 11.3 Å². The lowest BCUT2D eigenvalue weighted by Gasteiger charge is -2.20. The molecule has 1 N–H and O–H groups in total. The largest absolute Gasteiger partial charge is 0.488 e. The van der Waals surface area contributed by atoms with Crippen molar-refractivity contribution in [2.45, 2.75) is 33.0 Å². The van der Waals surface area contributed by atoms with Gasteiger partial charge in [0.2, 0.25) is 0 Å². The van der Waals surface area contributed by atoms with Crippen molar-refractivity contribution in [1.29, 1.82) is 0 Å². The van der Waals surface area contributed by atoms with Crippen molar-refractivity contribution < 1.29 is 9.47 Å². The zero-order valence-corrected chi connectivity index (χ0v) is 23.4. The molecule has 0 amide bonds. The van der Waals surface area contributed by atoms with Crippen LogP contribution in [0.4, 0.5) is 0 Å². The number of hydrogen-bond donors (Lipinski definition) is 1. The van der Waals surface area contributed by atoms with Crippen LogP contribution in [0.3, 0.4) is 0 Å². The van der Waals surface area contributed by atoms with Gasteiger partial charge in [-0.1, -0.05) is 74.5 Å². The molecular weight excluding hydrogens is 512 g/mol. The van der Waals surface area contributed by atoms with Gasteiger partial charge in [0.1, 0.15) is 24.7 Å². The summed E-state index contributed by atoms with van der Waals surface area (Å²) in [5.41, 5.74) is 5.32. The van der Waals surface area contributed by atoms with Crippen LogP contribution in [0.2, 0.25) is 0 Å². The maximum atomic E-state index is 13.2. The molecule has 7 nitrogen and oxygen atoms in total. The van der Waals surface area contributed by atoms with E-state index >= 15 is 0 Å². The lowest BCUT2D eigenvalue weighted by Crippen LogP contribution is -2.16. The Labute approximate surface area is 238 Å². The van der Waals surface area contributed by atoms with Crippen LogP contribution in [-0.2, 0) is 20.3 Å². The topological polar surface area (TPSA) is 74.1 Å². The zero-order chi connectivity index (χ0) is 28.3. The fourth-order valence-corrected chi connectivity index (χ4v) is 5.04. The maximum Gasteiger partial charge on any atom is 0.348 e. The standard InChI is InChI=1S/C34H32N4O3/c1-23(2)28-19-29(33-35-36-34(39)38(33)27-14-15-30-26(18-27)16-17-37(30)3)32(41-22-25-12-8-5-9-13-25)20-31(28)40-21-24-10-6-4-7-11-24/h4-20,23H,21-22H2,1-3H3,(H,36,39). The first kappa shape index (κ1) is 26.2. The number of aryl methyl sites for hydroxylation is 1. The molecule has 0 unspecified atom stereocenters. The quantitative estimate of drug-likeness (QED) is 0.213. The molecule has 0 aliphatic rings. The van der Waals surface area contributed by atoms with E-state index in [0.717, 1.165) is 39.0 Å². The number of hydrogen-bond acceptors (Lipinski definition) is 4. The number of benzene rings is 4. The molecule has 0 aliphatic heterocycles. The summed E-state index contributed by atoms with van der Waals surface area (Å²) in [5, 5.41) is 8.19. The molecule has 0 fully saturated rings. The number of ether oxygens (including phenoxy) is 2. The highest BCUT2D eigenvalue weighted by molar-refractivity contribution is 5.82. The van der Waals surface area contributed by atoms with Crippen LogP contribution in [0, 0.1) is 0 Å². The predicted molar refractivity (Wildman–Crippen MR) is 162 cm³/mol. The minimum atomic E-state index is -0.320. The van der Waals surface area contributed by atoms with E-state index in [1.165, 1.54) is 0 Å². The van der Waals surface area contributed by atoms with Gasteiger partial charge in [0.15, 0.2) is 5.82 Å². The van der Waals surface area contributed by atoms with Gasteiger partial charge in [-0.05, 0) is 52.9 Å². The summed E-state index contributed by atoms with van der Waals surface area (Å²) in [6.07, 6.45) is 2.01. The monoisotopic (exact) mass is 544 g/mol. The highest BCUT2D eigenvalue weighted by Gasteiger charge is 2.22. The number of aromatic amines is 1. The molecule has 0 radical (unpaired) electrons. The van der Waals surface area contributed by atoms with Crippen molar-refractivity contribution >= 4 is 10.9 Å². The van der Waals surface area contributed by atoms with Crippen molar-refractivity contribution in [2.24, 2.45) is 7.05 Å². The molecule has 4 aromatic carbocycles. The average Bonchev–Trinajstić information content (AvgIpc) is 3.57. The Kier molecular flexibility index (Phi) is 7.17. The Balaban J connectivity index is 1.46. The number of aromatic nitrogens is 4. The van der Waals surface area contributed by atoms with Crippen LogP contribution in [0.25, 0.3) is 28.0 Å². The molecule has 2 heterocycles. The zero-order valence-electron chi connectivity index (χ0n) is 23.4. The number of nitrogens with zero attached hydrogens (tertiary/aromatic N) is 3. The van der Waals surface area contributed by atoms with Gasteiger partial charge in [-0.3, -0.25) is 0 Å². The van der Waals surface area contributed by atoms with Gasteiger partial charge in [-0.25, -0.2) is 14.5 Å². The third-order valence-electron chi connectivity index (χ3n) is 7.25. The summed E-state index contributed by atoms with van der Waals surface area (Å²) in [5.74, 6) is 1.96. The molecule has 7 heteroatoms. The Morgan fingerprint density at radius 2 is 1.46 bits per heavy atom. The molecule has 2 aromatic heterocycles. The number of H-pyrrole nitrogens is 1. The van der Waals surface area contributed by atoms with E-state index in [9.17, 15) is 4.79 Å². The Bertz CT molecular complexity index is 1850. The molecule has 6 aromatic rings. The summed E-state index contributed by atoms with van der Waals surface area (Å²) >= 11 is 0. The van der Waals surface area contributed by atoms with Crippen molar-refractivity contribution in [3.8, 4) is 28.6 Å². The van der Waals surface area contributed by atoms with Gasteiger partial charge >= 0.3 is 5.69 Å². The van der Waals surface area contributed by atoms with Crippen LogP contribution >= 0.6 is 0 Å². The summed E-state index contributed by atoms with van der Waals surface area (Å²) in [6.45, 7) is 5.04. The highest BCUT2D eigenvalue weighted by atomic mass is 16.5. The third-order valence-corrected chi connectivity index (χ3v) is 7.25. The van der Waals surface area contributed by atoms with Crippen LogP contribution in [0.5, 0.6) is 11.5 Å². The van der Waals surface area contributed by atoms with Crippen molar-refractivity contribution in [3.05, 3.63) is 130 Å². The normalized spacial score (nSPS) is 11.3. The summed E-state index contributed by atoms with van der Waals surface area (Å²) in [4.78, 5) is 13.2. The first-order chi connectivity index (χ1) is 20.0. The molecule has 0 saturated carbocycles. The van der Waals surface area contributed by atoms with Crippen LogP contribution in [0.15, 0.2) is 108 Å². The second-order valence-corrected chi connectivity index (χ2v) is 10.4. The van der Waals surface area contributed by atoms with E-state index in [1.54, 1.807) is 4.57 Å². The SMILES string of the molecule is CC(C)c1cc(-c2n[nH]c(=O)n2-c2ccc3c(ccn3C)c2)c(OCc2ccccc2)cc1OCc1ccccc1. The fourth-order valence-electron chi connectivity index (χ4n) is 5.04. The van der Waals surface area contributed by atoms with Gasteiger partial charge in [-0.15, -0.1) is 0 Å². The summed E-state index contributed by atoms with van der Waals surface area (Å²) < 4.78 is 16.4. The molecule has 206 valence electrons. The maximum absolute atomic E-state index is 13.2. The fraction of sp³-hybridized carbons (Fsp3) is 0.176. The Hall–Kier alpha value is -5.04. The first-order valence-corrected chi connectivity index (χ1v) is 13.7. The van der Waals surface area contributed by atoms with Crippen molar-refractivity contribution in [3.63, 3.8) is 0 Å².